The number of aromatic nitrogens is 1. The highest BCUT2D eigenvalue weighted by molar-refractivity contribution is 8.01. The highest BCUT2D eigenvalue weighted by Crippen LogP contribution is 2.43. The zero-order chi connectivity index (χ0) is 25.5. The number of hydrogen-bond donors (Lipinski definition) is 1. The molecule has 4 aromatic rings. The highest BCUT2D eigenvalue weighted by atomic mass is 35.5. The van der Waals surface area contributed by atoms with Crippen molar-refractivity contribution in [3.63, 3.8) is 0 Å². The van der Waals surface area contributed by atoms with Crippen LogP contribution in [0.5, 0.6) is 0 Å². The molecule has 180 valence electrons. The van der Waals surface area contributed by atoms with Crippen molar-refractivity contribution in [3.05, 3.63) is 74.7 Å². The van der Waals surface area contributed by atoms with Gasteiger partial charge in [-0.3, -0.25) is 4.72 Å². The average Bonchev–Trinajstić information content (AvgIpc) is 3.16. The molecule has 0 unspecified atom stereocenters. The minimum atomic E-state index is -4.67. The van der Waals surface area contributed by atoms with E-state index >= 15 is 0 Å². The summed E-state index contributed by atoms with van der Waals surface area (Å²) in [7, 11) is -4.35. The van der Waals surface area contributed by atoms with Crippen LogP contribution in [-0.2, 0) is 16.2 Å². The van der Waals surface area contributed by atoms with Crippen LogP contribution in [0.25, 0.3) is 10.2 Å². The zero-order valence-corrected chi connectivity index (χ0v) is 21.5. The van der Waals surface area contributed by atoms with Gasteiger partial charge in [0.15, 0.2) is 4.34 Å². The predicted octanol–water partition coefficient (Wildman–Crippen LogP) is 8.10. The third-order valence-electron chi connectivity index (χ3n) is 4.49. The fraction of sp³-hybridized carbons (Fsp3) is 0.0476. The van der Waals surface area contributed by atoms with Gasteiger partial charge in [0.05, 0.1) is 53.1 Å². The van der Waals surface area contributed by atoms with Crippen LogP contribution < -0.4 is 4.72 Å². The van der Waals surface area contributed by atoms with E-state index in [-0.39, 0.29) is 15.7 Å². The first-order valence-corrected chi connectivity index (χ1v) is 13.5. The van der Waals surface area contributed by atoms with E-state index in [9.17, 15) is 21.6 Å². The van der Waals surface area contributed by atoms with E-state index in [4.69, 9.17) is 40.1 Å². The van der Waals surface area contributed by atoms with Gasteiger partial charge in [-0.25, -0.2) is 13.4 Å². The lowest BCUT2D eigenvalue weighted by Crippen LogP contribution is -2.14. The molecular formula is C21H9Cl3F3N3O2S3. The number of sulfonamides is 1. The summed E-state index contributed by atoms with van der Waals surface area (Å²) in [6, 6.07) is 11.7. The predicted molar refractivity (Wildman–Crippen MR) is 132 cm³/mol. The number of thiazole rings is 1. The number of nitrogens with one attached hydrogen (secondary N) is 1. The Kier molecular flexibility index (Phi) is 7.16. The Hall–Kier alpha value is -2.20. The highest BCUT2D eigenvalue weighted by Gasteiger charge is 2.32. The normalized spacial score (nSPS) is 12.0. The van der Waals surface area contributed by atoms with Crippen LogP contribution in [0.4, 0.5) is 18.9 Å². The van der Waals surface area contributed by atoms with Crippen LogP contribution in [0, 0.1) is 11.3 Å². The van der Waals surface area contributed by atoms with Gasteiger partial charge in [-0.1, -0.05) is 46.6 Å². The standard InChI is InChI=1S/C21H9Cl3F3N3O2S3/c22-13-6-11(21(25,26)27)2-4-18(13)35(31,32)30-12-7-14(23)19(15(24)8-12)34-20-29-16-3-1-10(9-28)5-17(16)33-20/h1-8,30H. The van der Waals surface area contributed by atoms with Crippen molar-refractivity contribution >= 4 is 83.8 Å². The average molecular weight is 595 g/mol. The summed E-state index contributed by atoms with van der Waals surface area (Å²) >= 11 is 21.0. The van der Waals surface area contributed by atoms with Gasteiger partial charge in [0.25, 0.3) is 10.0 Å². The van der Waals surface area contributed by atoms with Gasteiger partial charge < -0.3 is 0 Å². The molecule has 3 aromatic carbocycles. The third kappa shape index (κ3) is 5.63. The Bertz CT molecular complexity index is 1590. The molecule has 0 fully saturated rings. The second-order valence-corrected chi connectivity index (χ2v) is 12.1. The van der Waals surface area contributed by atoms with Crippen LogP contribution in [0.2, 0.25) is 15.1 Å². The van der Waals surface area contributed by atoms with E-state index in [1.54, 1.807) is 18.2 Å². The maximum absolute atomic E-state index is 12.8. The maximum atomic E-state index is 12.8. The van der Waals surface area contributed by atoms with Gasteiger partial charge in [-0.15, -0.1) is 11.3 Å². The van der Waals surface area contributed by atoms with Crippen LogP contribution in [0.3, 0.4) is 0 Å². The lowest BCUT2D eigenvalue weighted by atomic mass is 10.2. The maximum Gasteiger partial charge on any atom is 0.416 e. The summed E-state index contributed by atoms with van der Waals surface area (Å²) in [5.41, 5.74) is 0.107. The monoisotopic (exact) mass is 593 g/mol. The number of benzene rings is 3. The van der Waals surface area contributed by atoms with Crippen molar-refractivity contribution in [3.8, 4) is 6.07 Å². The summed E-state index contributed by atoms with van der Waals surface area (Å²) < 4.78 is 67.6. The Balaban J connectivity index is 1.60. The Morgan fingerprint density at radius 3 is 2.29 bits per heavy atom. The van der Waals surface area contributed by atoms with E-state index in [0.29, 0.717) is 32.4 Å². The molecule has 0 bridgehead atoms. The molecule has 35 heavy (non-hydrogen) atoms. The summed E-state index contributed by atoms with van der Waals surface area (Å²) in [4.78, 5) is 4.35. The van der Waals surface area contributed by atoms with Crippen LogP contribution in [0.15, 0.2) is 62.7 Å². The molecule has 5 nitrogen and oxygen atoms in total. The van der Waals surface area contributed by atoms with E-state index < -0.39 is 31.7 Å². The number of rotatable bonds is 5. The van der Waals surface area contributed by atoms with Crippen molar-refractivity contribution in [2.45, 2.75) is 20.3 Å². The van der Waals surface area contributed by atoms with Crippen LogP contribution in [-0.4, -0.2) is 13.4 Å². The van der Waals surface area contributed by atoms with E-state index in [1.165, 1.54) is 35.2 Å². The van der Waals surface area contributed by atoms with Crippen LogP contribution >= 0.6 is 57.9 Å². The van der Waals surface area contributed by atoms with Crippen molar-refractivity contribution in [1.82, 2.24) is 4.98 Å². The van der Waals surface area contributed by atoms with Gasteiger partial charge >= 0.3 is 6.18 Å². The molecule has 1 heterocycles. The number of nitriles is 1. The Morgan fingerprint density at radius 1 is 1.00 bits per heavy atom. The number of nitrogens with zero attached hydrogens (tertiary/aromatic N) is 2. The van der Waals surface area contributed by atoms with E-state index in [2.05, 4.69) is 15.8 Å². The molecule has 0 atom stereocenters. The summed E-state index contributed by atoms with van der Waals surface area (Å²) in [5.74, 6) is 0. The smallest absolute Gasteiger partial charge is 0.279 e. The van der Waals surface area contributed by atoms with Crippen molar-refractivity contribution in [2.24, 2.45) is 0 Å². The first-order chi connectivity index (χ1) is 16.4. The number of alkyl halides is 3. The van der Waals surface area contributed by atoms with E-state index in [1.807, 2.05) is 0 Å². The molecule has 0 saturated heterocycles. The molecule has 1 aromatic heterocycles. The first-order valence-electron chi connectivity index (χ1n) is 9.24. The molecule has 0 saturated carbocycles. The fourth-order valence-electron chi connectivity index (χ4n) is 2.93. The molecule has 0 aliphatic carbocycles. The Labute approximate surface area is 220 Å². The molecular weight excluding hydrogens is 586 g/mol. The zero-order valence-electron chi connectivity index (χ0n) is 16.8. The SMILES string of the molecule is N#Cc1ccc2nc(Sc3c(Cl)cc(NS(=O)(=O)c4ccc(C(F)(F)F)cc4Cl)cc3Cl)sc2c1. The number of hydrogen-bond acceptors (Lipinski definition) is 6. The summed E-state index contributed by atoms with van der Waals surface area (Å²) in [5, 5.41) is 8.69. The molecule has 4 rings (SSSR count). The molecule has 1 N–H and O–H groups in total. The molecule has 0 aliphatic rings. The fourth-order valence-corrected chi connectivity index (χ4v) is 7.28. The lowest BCUT2D eigenvalue weighted by Gasteiger charge is -2.13. The van der Waals surface area contributed by atoms with Gasteiger partial charge in [0.2, 0.25) is 0 Å². The largest absolute Gasteiger partial charge is 0.416 e. The lowest BCUT2D eigenvalue weighted by molar-refractivity contribution is -0.137. The number of fused-ring (bicyclic) bond motifs is 1. The van der Waals surface area contributed by atoms with Crippen molar-refractivity contribution in [2.75, 3.05) is 4.72 Å². The third-order valence-corrected chi connectivity index (χ3v) is 9.39. The van der Waals surface area contributed by atoms with Gasteiger partial charge in [-0.2, -0.15) is 18.4 Å². The second kappa shape index (κ2) is 9.69. The number of anilines is 1. The van der Waals surface area contributed by atoms with Crippen molar-refractivity contribution < 1.29 is 21.6 Å². The topological polar surface area (TPSA) is 82.8 Å². The quantitative estimate of drug-likeness (QED) is 0.252. The number of halogens is 6. The van der Waals surface area contributed by atoms with E-state index in [0.717, 1.165) is 10.8 Å². The summed E-state index contributed by atoms with van der Waals surface area (Å²) in [6.07, 6.45) is -4.67. The first kappa shape index (κ1) is 25.9. The molecule has 0 aliphatic heterocycles. The van der Waals surface area contributed by atoms with Gasteiger partial charge in [0, 0.05) is 0 Å². The summed E-state index contributed by atoms with van der Waals surface area (Å²) in [6.45, 7) is 0. The van der Waals surface area contributed by atoms with Gasteiger partial charge in [-0.05, 0) is 48.5 Å². The van der Waals surface area contributed by atoms with Gasteiger partial charge in [0.1, 0.15) is 4.90 Å². The molecule has 0 spiro atoms. The van der Waals surface area contributed by atoms with Crippen molar-refractivity contribution in [1.29, 1.82) is 5.26 Å². The molecule has 0 radical (unpaired) electrons. The minimum absolute atomic E-state index is 0.0109. The molecule has 14 heteroatoms. The molecule has 0 amide bonds. The minimum Gasteiger partial charge on any atom is -0.279 e. The second-order valence-electron chi connectivity index (χ2n) is 6.89. The Morgan fingerprint density at radius 2 is 1.69 bits per heavy atom. The van der Waals surface area contributed by atoms with Crippen LogP contribution in [0.1, 0.15) is 11.1 Å².